The van der Waals surface area contributed by atoms with E-state index in [0.717, 1.165) is 24.5 Å². The van der Waals surface area contributed by atoms with Gasteiger partial charge in [-0.25, -0.2) is 0 Å². The van der Waals surface area contributed by atoms with Crippen molar-refractivity contribution < 1.29 is 8.94 Å². The minimum atomic E-state index is 0.299. The van der Waals surface area contributed by atoms with Crippen LogP contribution in [0.15, 0.2) is 27.3 Å². The zero-order valence-corrected chi connectivity index (χ0v) is 11.7. The summed E-state index contributed by atoms with van der Waals surface area (Å²) in [5.74, 6) is 4.33. The molecule has 0 aromatic carbocycles. The Labute approximate surface area is 116 Å². The number of aromatic nitrogens is 2. The van der Waals surface area contributed by atoms with Crippen molar-refractivity contribution in [2.45, 2.75) is 25.3 Å². The second-order valence-electron chi connectivity index (χ2n) is 4.64. The molecule has 1 aliphatic rings. The predicted octanol–water partition coefficient (Wildman–Crippen LogP) is 2.53. The molecule has 2 atom stereocenters. The summed E-state index contributed by atoms with van der Waals surface area (Å²) in [6, 6.07) is 4.09. The van der Waals surface area contributed by atoms with Gasteiger partial charge in [0.25, 0.3) is 0 Å². The fraction of sp³-hybridized carbons (Fsp3) is 0.538. The number of hydrogen-bond acceptors (Lipinski definition) is 6. The molecule has 0 bridgehead atoms. The third kappa shape index (κ3) is 2.69. The smallest absolute Gasteiger partial charge is 0.238 e. The summed E-state index contributed by atoms with van der Waals surface area (Å²) < 4.78 is 10.7. The number of nitrogens with one attached hydrogen (secondary N) is 1. The van der Waals surface area contributed by atoms with Crippen LogP contribution in [0.3, 0.4) is 0 Å². The quantitative estimate of drug-likeness (QED) is 0.907. The lowest BCUT2D eigenvalue weighted by Gasteiger charge is -2.16. The highest BCUT2D eigenvalue weighted by Gasteiger charge is 2.33. The van der Waals surface area contributed by atoms with E-state index in [1.807, 2.05) is 23.9 Å². The van der Waals surface area contributed by atoms with Gasteiger partial charge in [-0.15, -0.1) is 0 Å². The van der Waals surface area contributed by atoms with Gasteiger partial charge in [-0.3, -0.25) is 0 Å². The molecule has 5 nitrogen and oxygen atoms in total. The van der Waals surface area contributed by atoms with Crippen LogP contribution in [0, 0.1) is 0 Å². The number of furan rings is 1. The number of nitrogens with zero attached hydrogens (tertiary/aromatic N) is 2. The fourth-order valence-electron chi connectivity index (χ4n) is 2.22. The van der Waals surface area contributed by atoms with Crippen molar-refractivity contribution in [3.05, 3.63) is 24.3 Å². The first kappa shape index (κ1) is 12.7. The maximum Gasteiger partial charge on any atom is 0.238 e. The van der Waals surface area contributed by atoms with E-state index in [2.05, 4.69) is 22.4 Å². The Morgan fingerprint density at radius 2 is 2.42 bits per heavy atom. The summed E-state index contributed by atoms with van der Waals surface area (Å²) in [4.78, 5) is 4.47. The van der Waals surface area contributed by atoms with Crippen molar-refractivity contribution in [2.75, 3.05) is 18.1 Å². The Hall–Kier alpha value is -1.27. The minimum absolute atomic E-state index is 0.299. The normalized spacial score (nSPS) is 23.0. The SMILES string of the molecule is CCCNC1CSCC1c1nc(-c2ccco2)no1. The largest absolute Gasteiger partial charge is 0.461 e. The van der Waals surface area contributed by atoms with Crippen LogP contribution < -0.4 is 5.32 Å². The van der Waals surface area contributed by atoms with Gasteiger partial charge in [0.05, 0.1) is 12.2 Å². The highest BCUT2D eigenvalue weighted by molar-refractivity contribution is 7.99. The molecular weight excluding hydrogens is 262 g/mol. The van der Waals surface area contributed by atoms with E-state index in [9.17, 15) is 0 Å². The van der Waals surface area contributed by atoms with Crippen molar-refractivity contribution in [3.8, 4) is 11.6 Å². The molecule has 0 saturated carbocycles. The van der Waals surface area contributed by atoms with Crippen molar-refractivity contribution in [1.82, 2.24) is 15.5 Å². The van der Waals surface area contributed by atoms with Crippen LogP contribution in [0.1, 0.15) is 25.2 Å². The third-order valence-electron chi connectivity index (χ3n) is 3.24. The molecule has 19 heavy (non-hydrogen) atoms. The van der Waals surface area contributed by atoms with Gasteiger partial charge in [0, 0.05) is 17.5 Å². The number of rotatable bonds is 5. The topological polar surface area (TPSA) is 64.1 Å². The summed E-state index contributed by atoms with van der Waals surface area (Å²) in [7, 11) is 0. The first-order valence-electron chi connectivity index (χ1n) is 6.57. The van der Waals surface area contributed by atoms with Crippen LogP contribution in [-0.4, -0.2) is 34.2 Å². The van der Waals surface area contributed by atoms with Crippen molar-refractivity contribution in [1.29, 1.82) is 0 Å². The maximum atomic E-state index is 5.41. The average molecular weight is 279 g/mol. The monoisotopic (exact) mass is 279 g/mol. The zero-order valence-electron chi connectivity index (χ0n) is 10.8. The number of thioether (sulfide) groups is 1. The van der Waals surface area contributed by atoms with Gasteiger partial charge in [0.2, 0.25) is 11.7 Å². The molecule has 2 aromatic heterocycles. The van der Waals surface area contributed by atoms with Gasteiger partial charge in [0.15, 0.2) is 5.76 Å². The van der Waals surface area contributed by atoms with E-state index < -0.39 is 0 Å². The van der Waals surface area contributed by atoms with Crippen LogP contribution in [0.2, 0.25) is 0 Å². The molecule has 6 heteroatoms. The average Bonchev–Trinajstić information content (AvgIpc) is 3.14. The van der Waals surface area contributed by atoms with Crippen molar-refractivity contribution in [2.24, 2.45) is 0 Å². The molecule has 1 aliphatic heterocycles. The van der Waals surface area contributed by atoms with Gasteiger partial charge in [-0.2, -0.15) is 16.7 Å². The van der Waals surface area contributed by atoms with Crippen LogP contribution in [0.25, 0.3) is 11.6 Å². The third-order valence-corrected chi connectivity index (χ3v) is 4.43. The molecule has 3 heterocycles. The molecule has 2 unspecified atom stereocenters. The van der Waals surface area contributed by atoms with Crippen LogP contribution in [0.5, 0.6) is 0 Å². The van der Waals surface area contributed by atoms with Crippen LogP contribution >= 0.6 is 11.8 Å². The van der Waals surface area contributed by atoms with Gasteiger partial charge < -0.3 is 14.3 Å². The standard InChI is InChI=1S/C13H17N3O2S/c1-2-5-14-10-8-19-7-9(10)13-15-12(16-18-13)11-4-3-6-17-11/h3-4,6,9-10,14H,2,5,7-8H2,1H3. The van der Waals surface area contributed by atoms with Gasteiger partial charge in [-0.05, 0) is 25.1 Å². The fourth-order valence-corrected chi connectivity index (χ4v) is 3.59. The van der Waals surface area contributed by atoms with E-state index in [0.29, 0.717) is 29.4 Å². The van der Waals surface area contributed by atoms with Crippen LogP contribution in [0.4, 0.5) is 0 Å². The van der Waals surface area contributed by atoms with Crippen molar-refractivity contribution in [3.63, 3.8) is 0 Å². The zero-order chi connectivity index (χ0) is 13.1. The Morgan fingerprint density at radius 3 is 3.21 bits per heavy atom. The Kier molecular flexibility index (Phi) is 3.89. The molecule has 1 saturated heterocycles. The summed E-state index contributed by atoms with van der Waals surface area (Å²) in [5, 5.41) is 7.55. The minimum Gasteiger partial charge on any atom is -0.461 e. The molecule has 0 aliphatic carbocycles. The Morgan fingerprint density at radius 1 is 1.47 bits per heavy atom. The molecule has 0 amide bonds. The van der Waals surface area contributed by atoms with Gasteiger partial charge in [-0.1, -0.05) is 12.1 Å². The Bertz CT molecular complexity index is 512. The van der Waals surface area contributed by atoms with Gasteiger partial charge >= 0.3 is 0 Å². The van der Waals surface area contributed by atoms with E-state index in [1.165, 1.54) is 0 Å². The lowest BCUT2D eigenvalue weighted by molar-refractivity contribution is 0.339. The van der Waals surface area contributed by atoms with E-state index in [-0.39, 0.29) is 0 Å². The summed E-state index contributed by atoms with van der Waals surface area (Å²) >= 11 is 1.93. The van der Waals surface area contributed by atoms with Crippen molar-refractivity contribution >= 4 is 11.8 Å². The summed E-state index contributed by atoms with van der Waals surface area (Å²) in [6.45, 7) is 3.20. The molecular formula is C13H17N3O2S. The highest BCUT2D eigenvalue weighted by atomic mass is 32.2. The Balaban J connectivity index is 1.75. The highest BCUT2D eigenvalue weighted by Crippen LogP contribution is 2.33. The first-order chi connectivity index (χ1) is 9.38. The molecule has 0 spiro atoms. The van der Waals surface area contributed by atoms with Gasteiger partial charge in [0.1, 0.15) is 0 Å². The summed E-state index contributed by atoms with van der Waals surface area (Å²) in [5.41, 5.74) is 0. The molecule has 102 valence electrons. The molecule has 1 N–H and O–H groups in total. The molecule has 1 fully saturated rings. The number of hydrogen-bond donors (Lipinski definition) is 1. The van der Waals surface area contributed by atoms with E-state index in [4.69, 9.17) is 8.94 Å². The predicted molar refractivity (Wildman–Crippen MR) is 74.1 cm³/mol. The van der Waals surface area contributed by atoms with Crippen LogP contribution in [-0.2, 0) is 0 Å². The van der Waals surface area contributed by atoms with E-state index in [1.54, 1.807) is 6.26 Å². The summed E-state index contributed by atoms with van der Waals surface area (Å²) in [6.07, 6.45) is 2.75. The van der Waals surface area contributed by atoms with E-state index >= 15 is 0 Å². The second kappa shape index (κ2) is 5.79. The molecule has 0 radical (unpaired) electrons. The maximum absolute atomic E-state index is 5.41. The molecule has 3 rings (SSSR count). The lowest BCUT2D eigenvalue weighted by Crippen LogP contribution is -2.34. The second-order valence-corrected chi connectivity index (χ2v) is 5.71. The molecule has 2 aromatic rings. The lowest BCUT2D eigenvalue weighted by atomic mass is 10.0. The first-order valence-corrected chi connectivity index (χ1v) is 7.72.